The maximum absolute atomic E-state index is 10.7. The zero-order chi connectivity index (χ0) is 14.0. The summed E-state index contributed by atoms with van der Waals surface area (Å²) < 4.78 is 4.74. The summed E-state index contributed by atoms with van der Waals surface area (Å²) in [4.78, 5) is 14.2. The fraction of sp³-hybridized carbons (Fsp3) is 0.750. The van der Waals surface area contributed by atoms with E-state index >= 15 is 0 Å². The lowest BCUT2D eigenvalue weighted by Gasteiger charge is -2.40. The Labute approximate surface area is 102 Å². The molecule has 6 atom stereocenters. The van der Waals surface area contributed by atoms with E-state index in [0.717, 1.165) is 0 Å². The molecule has 0 aromatic heterocycles. The van der Waals surface area contributed by atoms with E-state index in [-0.39, 0.29) is 0 Å². The second-order valence-electron chi connectivity index (χ2n) is 3.88. The lowest BCUT2D eigenvalue weighted by atomic mass is 9.92. The first-order valence-corrected chi connectivity index (χ1v) is 5.02. The van der Waals surface area contributed by atoms with Crippen LogP contribution in [0, 0.1) is 0 Å². The number of aliphatic hydroxyl groups excluding tert-OH is 3. The Bertz CT molecular complexity index is 346. The third kappa shape index (κ3) is 2.86. The molecule has 1 heterocycles. The van der Waals surface area contributed by atoms with E-state index in [1.54, 1.807) is 0 Å². The number of rotatable bonds is 3. The normalized spacial score (nSPS) is 37.9. The van der Waals surface area contributed by atoms with Crippen molar-refractivity contribution in [2.75, 3.05) is 0 Å². The van der Waals surface area contributed by atoms with E-state index in [0.29, 0.717) is 0 Å². The lowest BCUT2D eigenvalue weighted by Crippen LogP contribution is -2.63. The molecule has 1 rings (SSSR count). The molecule has 1 aliphatic rings. The Balaban J connectivity index is 2.97. The number of ether oxygens (including phenoxy) is 1. The van der Waals surface area contributed by atoms with Gasteiger partial charge in [-0.15, -0.1) is 0 Å². The minimum Gasteiger partial charge on any atom is -0.480 e. The Morgan fingerprint density at radius 3 is 2.22 bits per heavy atom. The summed E-state index contributed by atoms with van der Waals surface area (Å²) in [6.45, 7) is 0. The number of aliphatic hydroxyl groups is 3. The molecule has 18 heavy (non-hydrogen) atoms. The maximum Gasteiger partial charge on any atom is 0.323 e. The molecule has 0 aliphatic carbocycles. The van der Waals surface area contributed by atoms with Gasteiger partial charge in [0.25, 0.3) is 0 Å². The van der Waals surface area contributed by atoms with Gasteiger partial charge in [0.15, 0.2) is 12.2 Å². The highest BCUT2D eigenvalue weighted by Gasteiger charge is 2.47. The molecule has 0 aromatic rings. The zero-order valence-corrected chi connectivity index (χ0v) is 9.25. The van der Waals surface area contributed by atoms with Gasteiger partial charge in [-0.1, -0.05) is 0 Å². The molecule has 1 aliphatic heterocycles. The van der Waals surface area contributed by atoms with Gasteiger partial charge in [0, 0.05) is 0 Å². The maximum atomic E-state index is 10.7. The van der Waals surface area contributed by atoms with Gasteiger partial charge < -0.3 is 42.4 Å². The lowest BCUT2D eigenvalue weighted by molar-refractivity contribution is -0.255. The molecule has 10 N–H and O–H groups in total. The standard InChI is InChI=1S/C8H16N4O6/c9-1(6(15)16)5-3(13)2(12-8(10)11)4(14)7(17)18-5/h1-5,7,13-14,17H,9H2,(H,15,16)(H4,10,11,12). The van der Waals surface area contributed by atoms with Crippen LogP contribution in [0.15, 0.2) is 4.99 Å². The van der Waals surface area contributed by atoms with Gasteiger partial charge in [-0.05, 0) is 0 Å². The Kier molecular flexibility index (Phi) is 4.43. The topological polar surface area (TPSA) is 198 Å². The SMILES string of the molecule is NC(N)=NC1C(O)C(O)OC(C(N)C(=O)O)C1O. The van der Waals surface area contributed by atoms with Crippen molar-refractivity contribution in [2.24, 2.45) is 22.2 Å². The third-order valence-electron chi connectivity index (χ3n) is 2.56. The first kappa shape index (κ1) is 14.6. The summed E-state index contributed by atoms with van der Waals surface area (Å²) in [7, 11) is 0. The predicted octanol–water partition coefficient (Wildman–Crippen LogP) is -4.52. The Hall–Kier alpha value is -1.46. The van der Waals surface area contributed by atoms with Crippen LogP contribution in [0.5, 0.6) is 0 Å². The molecular weight excluding hydrogens is 248 g/mol. The number of nitrogens with zero attached hydrogens (tertiary/aromatic N) is 1. The summed E-state index contributed by atoms with van der Waals surface area (Å²) in [6.07, 6.45) is -6.37. The van der Waals surface area contributed by atoms with Crippen molar-refractivity contribution < 1.29 is 30.0 Å². The molecule has 0 spiro atoms. The van der Waals surface area contributed by atoms with Crippen LogP contribution in [0.25, 0.3) is 0 Å². The highest BCUT2D eigenvalue weighted by atomic mass is 16.6. The van der Waals surface area contributed by atoms with Crippen LogP contribution in [-0.2, 0) is 9.53 Å². The van der Waals surface area contributed by atoms with Gasteiger partial charge >= 0.3 is 5.97 Å². The minimum atomic E-state index is -1.75. The van der Waals surface area contributed by atoms with Crippen LogP contribution in [0.2, 0.25) is 0 Å². The molecule has 0 bridgehead atoms. The van der Waals surface area contributed by atoms with E-state index in [1.807, 2.05) is 0 Å². The zero-order valence-electron chi connectivity index (χ0n) is 9.25. The summed E-state index contributed by atoms with van der Waals surface area (Å²) in [5.41, 5.74) is 15.5. The summed E-state index contributed by atoms with van der Waals surface area (Å²) in [5, 5.41) is 37.5. The van der Waals surface area contributed by atoms with E-state index < -0.39 is 48.6 Å². The van der Waals surface area contributed by atoms with Gasteiger partial charge in [0.1, 0.15) is 30.4 Å². The molecule has 0 amide bonds. The monoisotopic (exact) mass is 264 g/mol. The van der Waals surface area contributed by atoms with Gasteiger partial charge in [-0.25, -0.2) is 4.99 Å². The summed E-state index contributed by atoms with van der Waals surface area (Å²) in [6, 6.07) is -2.92. The second-order valence-corrected chi connectivity index (χ2v) is 3.88. The van der Waals surface area contributed by atoms with Crippen molar-refractivity contribution in [1.29, 1.82) is 0 Å². The van der Waals surface area contributed by atoms with Crippen molar-refractivity contribution in [3.63, 3.8) is 0 Å². The van der Waals surface area contributed by atoms with Crippen molar-refractivity contribution in [3.8, 4) is 0 Å². The largest absolute Gasteiger partial charge is 0.480 e. The average molecular weight is 264 g/mol. The number of aliphatic imine (C=N–C) groups is 1. The van der Waals surface area contributed by atoms with Crippen LogP contribution >= 0.6 is 0 Å². The number of hydrogen-bond acceptors (Lipinski definition) is 7. The first-order valence-electron chi connectivity index (χ1n) is 5.02. The number of hydrogen-bond donors (Lipinski definition) is 7. The molecule has 6 unspecified atom stereocenters. The van der Waals surface area contributed by atoms with E-state index in [4.69, 9.17) is 27.0 Å². The molecule has 10 heteroatoms. The summed E-state index contributed by atoms with van der Waals surface area (Å²) >= 11 is 0. The molecule has 1 saturated heterocycles. The minimum absolute atomic E-state index is 0.435. The van der Waals surface area contributed by atoms with Crippen LogP contribution in [0.4, 0.5) is 0 Å². The molecule has 104 valence electrons. The summed E-state index contributed by atoms with van der Waals surface area (Å²) in [5.74, 6) is -1.87. The highest BCUT2D eigenvalue weighted by molar-refractivity contribution is 5.76. The quantitative estimate of drug-likeness (QED) is 0.194. The smallest absolute Gasteiger partial charge is 0.323 e. The molecule has 10 nitrogen and oxygen atoms in total. The van der Waals surface area contributed by atoms with Gasteiger partial charge in [-0.2, -0.15) is 0 Å². The third-order valence-corrected chi connectivity index (χ3v) is 2.56. The van der Waals surface area contributed by atoms with Crippen molar-refractivity contribution in [1.82, 2.24) is 0 Å². The fourth-order valence-corrected chi connectivity index (χ4v) is 1.65. The molecule has 0 radical (unpaired) electrons. The van der Waals surface area contributed by atoms with Crippen LogP contribution in [-0.4, -0.2) is 69.0 Å². The van der Waals surface area contributed by atoms with Crippen LogP contribution in [0.3, 0.4) is 0 Å². The number of carboxylic acid groups (broad SMARTS) is 1. The Morgan fingerprint density at radius 1 is 1.22 bits per heavy atom. The van der Waals surface area contributed by atoms with Crippen molar-refractivity contribution >= 4 is 11.9 Å². The number of guanidine groups is 1. The highest BCUT2D eigenvalue weighted by Crippen LogP contribution is 2.23. The number of nitrogens with two attached hydrogens (primary N) is 3. The molecular formula is C8H16N4O6. The van der Waals surface area contributed by atoms with Crippen molar-refractivity contribution in [3.05, 3.63) is 0 Å². The van der Waals surface area contributed by atoms with Gasteiger partial charge in [0.2, 0.25) is 0 Å². The second kappa shape index (κ2) is 5.46. The Morgan fingerprint density at radius 2 is 1.78 bits per heavy atom. The van der Waals surface area contributed by atoms with E-state index in [1.165, 1.54) is 0 Å². The van der Waals surface area contributed by atoms with Crippen LogP contribution in [0.1, 0.15) is 0 Å². The van der Waals surface area contributed by atoms with Crippen LogP contribution < -0.4 is 17.2 Å². The van der Waals surface area contributed by atoms with E-state index in [2.05, 4.69) is 4.99 Å². The van der Waals surface area contributed by atoms with Crippen molar-refractivity contribution in [2.45, 2.75) is 36.7 Å². The molecule has 0 aromatic carbocycles. The number of carbonyl (C=O) groups is 1. The van der Waals surface area contributed by atoms with Gasteiger partial charge in [0.05, 0.1) is 0 Å². The number of carboxylic acids is 1. The number of aliphatic carboxylic acids is 1. The fourth-order valence-electron chi connectivity index (χ4n) is 1.65. The first-order chi connectivity index (χ1) is 8.25. The predicted molar refractivity (Wildman–Crippen MR) is 58.1 cm³/mol. The van der Waals surface area contributed by atoms with E-state index in [9.17, 15) is 20.1 Å². The van der Waals surface area contributed by atoms with Gasteiger partial charge in [-0.3, -0.25) is 4.79 Å². The average Bonchev–Trinajstić information content (AvgIpc) is 2.28. The molecule has 0 saturated carbocycles. The molecule has 1 fully saturated rings.